The number of ether oxygens (including phenoxy) is 1. The first-order chi connectivity index (χ1) is 11.6. The van der Waals surface area contributed by atoms with Crippen LogP contribution < -0.4 is 10.2 Å². The number of hydrogen-bond donors (Lipinski definition) is 1. The zero-order chi connectivity index (χ0) is 17.4. The van der Waals surface area contributed by atoms with E-state index in [-0.39, 0.29) is 12.5 Å². The van der Waals surface area contributed by atoms with Crippen molar-refractivity contribution in [3.8, 4) is 5.75 Å². The van der Waals surface area contributed by atoms with Crippen molar-refractivity contribution in [3.05, 3.63) is 65.7 Å². The molecule has 0 spiro atoms. The molecule has 1 amide bonds. The lowest BCUT2D eigenvalue weighted by atomic mass is 10.0. The Morgan fingerprint density at radius 1 is 1.08 bits per heavy atom. The van der Waals surface area contributed by atoms with E-state index in [4.69, 9.17) is 4.74 Å². The minimum atomic E-state index is -0.268. The Morgan fingerprint density at radius 2 is 1.75 bits per heavy atom. The van der Waals surface area contributed by atoms with E-state index in [0.29, 0.717) is 5.92 Å². The number of nitrogens with one attached hydrogen (secondary N) is 1. The molecule has 2 aromatic rings. The van der Waals surface area contributed by atoms with Crippen LogP contribution >= 0.6 is 0 Å². The largest absolute Gasteiger partial charge is 0.483 e. The maximum atomic E-state index is 12.0. The third-order valence-corrected chi connectivity index (χ3v) is 3.66. The van der Waals surface area contributed by atoms with Gasteiger partial charge in [-0.25, -0.2) is 5.43 Å². The molecule has 4 nitrogen and oxygen atoms in total. The van der Waals surface area contributed by atoms with Gasteiger partial charge in [0.1, 0.15) is 5.75 Å². The first-order valence-corrected chi connectivity index (χ1v) is 8.24. The molecule has 0 fully saturated rings. The first-order valence-electron chi connectivity index (χ1n) is 8.24. The maximum Gasteiger partial charge on any atom is 0.277 e. The van der Waals surface area contributed by atoms with Crippen LogP contribution in [0.15, 0.2) is 59.7 Å². The van der Waals surface area contributed by atoms with Crippen molar-refractivity contribution in [2.45, 2.75) is 33.1 Å². The summed E-state index contributed by atoms with van der Waals surface area (Å²) in [5, 5.41) is 4.22. The van der Waals surface area contributed by atoms with Crippen LogP contribution in [0.2, 0.25) is 0 Å². The highest BCUT2D eigenvalue weighted by molar-refractivity contribution is 6.00. The van der Waals surface area contributed by atoms with Crippen LogP contribution in [0.25, 0.3) is 0 Å². The zero-order valence-electron chi connectivity index (χ0n) is 14.5. The summed E-state index contributed by atoms with van der Waals surface area (Å²) in [6.45, 7) is 6.15. The average Bonchev–Trinajstić information content (AvgIpc) is 2.61. The van der Waals surface area contributed by atoms with Gasteiger partial charge in [0.25, 0.3) is 5.91 Å². The van der Waals surface area contributed by atoms with Crippen LogP contribution in [0.3, 0.4) is 0 Å². The summed E-state index contributed by atoms with van der Waals surface area (Å²) >= 11 is 0. The molecule has 0 unspecified atom stereocenters. The number of nitrogens with zero attached hydrogens (tertiary/aromatic N) is 1. The van der Waals surface area contributed by atoms with Crippen LogP contribution in [-0.2, 0) is 4.79 Å². The Labute approximate surface area is 143 Å². The van der Waals surface area contributed by atoms with Gasteiger partial charge in [-0.3, -0.25) is 4.79 Å². The quantitative estimate of drug-likeness (QED) is 0.615. The van der Waals surface area contributed by atoms with Crippen LogP contribution in [0, 0.1) is 0 Å². The normalized spacial score (nSPS) is 11.4. The van der Waals surface area contributed by atoms with E-state index in [9.17, 15) is 4.79 Å². The Balaban J connectivity index is 1.95. The van der Waals surface area contributed by atoms with Crippen molar-refractivity contribution in [3.63, 3.8) is 0 Å². The van der Waals surface area contributed by atoms with E-state index in [1.165, 1.54) is 0 Å². The highest BCUT2D eigenvalue weighted by Crippen LogP contribution is 2.25. The van der Waals surface area contributed by atoms with Crippen molar-refractivity contribution >= 4 is 11.6 Å². The van der Waals surface area contributed by atoms with Gasteiger partial charge in [-0.05, 0) is 29.5 Å². The van der Waals surface area contributed by atoms with Gasteiger partial charge >= 0.3 is 0 Å². The number of carbonyl (C=O) groups is 1. The zero-order valence-corrected chi connectivity index (χ0v) is 14.5. The third-order valence-electron chi connectivity index (χ3n) is 3.66. The number of hydrogen-bond acceptors (Lipinski definition) is 3. The monoisotopic (exact) mass is 324 g/mol. The molecular weight excluding hydrogens is 300 g/mol. The molecule has 0 saturated carbocycles. The molecule has 0 aliphatic heterocycles. The van der Waals surface area contributed by atoms with Crippen LogP contribution in [0.4, 0.5) is 0 Å². The molecule has 0 atom stereocenters. The Bertz CT molecular complexity index is 694. The molecule has 126 valence electrons. The lowest BCUT2D eigenvalue weighted by molar-refractivity contribution is -0.123. The van der Waals surface area contributed by atoms with E-state index in [1.807, 2.05) is 61.5 Å². The summed E-state index contributed by atoms with van der Waals surface area (Å²) in [5.74, 6) is 0.813. The first kappa shape index (κ1) is 17.7. The number of benzene rings is 2. The van der Waals surface area contributed by atoms with Gasteiger partial charge in [0.15, 0.2) is 6.61 Å². The van der Waals surface area contributed by atoms with E-state index < -0.39 is 0 Å². The van der Waals surface area contributed by atoms with Gasteiger partial charge in [0.05, 0.1) is 5.71 Å². The number of carbonyl (C=O) groups excluding carboxylic acids is 1. The van der Waals surface area contributed by atoms with Crippen molar-refractivity contribution in [2.24, 2.45) is 5.10 Å². The van der Waals surface area contributed by atoms with Crippen LogP contribution in [0.1, 0.15) is 44.2 Å². The molecule has 2 aromatic carbocycles. The van der Waals surface area contributed by atoms with Gasteiger partial charge in [-0.15, -0.1) is 0 Å². The number of hydrazone groups is 1. The van der Waals surface area contributed by atoms with Gasteiger partial charge in [0, 0.05) is 0 Å². The molecule has 24 heavy (non-hydrogen) atoms. The number of amides is 1. The summed E-state index contributed by atoms with van der Waals surface area (Å²) < 4.78 is 5.65. The van der Waals surface area contributed by atoms with Gasteiger partial charge in [0.2, 0.25) is 0 Å². The summed E-state index contributed by atoms with van der Waals surface area (Å²) in [5.41, 5.74) is 5.51. The standard InChI is InChI=1S/C20H24N2O2/c1-4-18(16-10-6-5-7-11-16)21-22-20(23)14-24-19-13-9-8-12-17(19)15(2)3/h5-13,15H,4,14H2,1-3H3,(H,22,23)/b21-18-. The predicted octanol–water partition coefficient (Wildman–Crippen LogP) is 4.12. The molecule has 4 heteroatoms. The Kier molecular flexibility index (Phi) is 6.55. The molecule has 0 saturated heterocycles. The fourth-order valence-corrected chi connectivity index (χ4v) is 2.37. The van der Waals surface area contributed by atoms with Gasteiger partial charge in [-0.1, -0.05) is 69.3 Å². The SMILES string of the molecule is CC/C(=N/NC(=O)COc1ccccc1C(C)C)c1ccccc1. The second-order valence-electron chi connectivity index (χ2n) is 5.79. The molecule has 2 rings (SSSR count). The second kappa shape index (κ2) is 8.87. The number of para-hydroxylation sites is 1. The van der Waals surface area contributed by atoms with E-state index in [0.717, 1.165) is 29.0 Å². The van der Waals surface area contributed by atoms with Crippen molar-refractivity contribution < 1.29 is 9.53 Å². The lowest BCUT2D eigenvalue weighted by Crippen LogP contribution is -2.26. The molecule has 0 radical (unpaired) electrons. The predicted molar refractivity (Wildman–Crippen MR) is 97.4 cm³/mol. The van der Waals surface area contributed by atoms with Gasteiger partial charge < -0.3 is 4.74 Å². The highest BCUT2D eigenvalue weighted by Gasteiger charge is 2.09. The van der Waals surface area contributed by atoms with Crippen molar-refractivity contribution in [2.75, 3.05) is 6.61 Å². The van der Waals surface area contributed by atoms with E-state index in [2.05, 4.69) is 24.4 Å². The van der Waals surface area contributed by atoms with Crippen molar-refractivity contribution in [1.29, 1.82) is 0 Å². The van der Waals surface area contributed by atoms with Crippen LogP contribution in [0.5, 0.6) is 5.75 Å². The fourth-order valence-electron chi connectivity index (χ4n) is 2.37. The third kappa shape index (κ3) is 4.95. The average molecular weight is 324 g/mol. The van der Waals surface area contributed by atoms with Gasteiger partial charge in [-0.2, -0.15) is 5.10 Å². The summed E-state index contributed by atoms with van der Waals surface area (Å²) in [6, 6.07) is 17.6. The maximum absolute atomic E-state index is 12.0. The molecule has 0 aliphatic rings. The number of rotatable bonds is 7. The Morgan fingerprint density at radius 3 is 2.42 bits per heavy atom. The molecule has 0 aliphatic carbocycles. The summed E-state index contributed by atoms with van der Waals surface area (Å²) in [4.78, 5) is 12.0. The summed E-state index contributed by atoms with van der Waals surface area (Å²) in [7, 11) is 0. The van der Waals surface area contributed by atoms with E-state index >= 15 is 0 Å². The van der Waals surface area contributed by atoms with Crippen molar-refractivity contribution in [1.82, 2.24) is 5.43 Å². The lowest BCUT2D eigenvalue weighted by Gasteiger charge is -2.13. The Hall–Kier alpha value is -2.62. The second-order valence-corrected chi connectivity index (χ2v) is 5.79. The summed E-state index contributed by atoms with van der Waals surface area (Å²) in [6.07, 6.45) is 0.737. The van der Waals surface area contributed by atoms with Crippen LogP contribution in [-0.4, -0.2) is 18.2 Å². The molecule has 0 bridgehead atoms. The highest BCUT2D eigenvalue weighted by atomic mass is 16.5. The topological polar surface area (TPSA) is 50.7 Å². The minimum Gasteiger partial charge on any atom is -0.483 e. The smallest absolute Gasteiger partial charge is 0.277 e. The molecule has 0 aromatic heterocycles. The molecule has 0 heterocycles. The molecule has 1 N–H and O–H groups in total. The minimum absolute atomic E-state index is 0.0565. The van der Waals surface area contributed by atoms with E-state index in [1.54, 1.807) is 0 Å². The fraction of sp³-hybridized carbons (Fsp3) is 0.300. The molecular formula is C20H24N2O2.